The van der Waals surface area contributed by atoms with Gasteiger partial charge in [0.1, 0.15) is 0 Å². The van der Waals surface area contributed by atoms with Gasteiger partial charge in [-0.3, -0.25) is 0 Å². The van der Waals surface area contributed by atoms with Crippen molar-refractivity contribution in [2.45, 2.75) is 32.2 Å². The largest absolute Gasteiger partial charge is 0.312 e. The van der Waals surface area contributed by atoms with Gasteiger partial charge in [0, 0.05) is 16.8 Å². The molecule has 1 heterocycles. The smallest absolute Gasteiger partial charge is 0.0516 e. The van der Waals surface area contributed by atoms with Gasteiger partial charge in [-0.15, -0.1) is 11.3 Å². The molecule has 0 bridgehead atoms. The molecule has 16 heavy (non-hydrogen) atoms. The Labute approximate surface area is 106 Å². The van der Waals surface area contributed by atoms with Crippen molar-refractivity contribution in [1.29, 1.82) is 0 Å². The molecule has 0 saturated heterocycles. The first-order valence-electron chi connectivity index (χ1n) is 6.26. The van der Waals surface area contributed by atoms with E-state index in [0.29, 0.717) is 0 Å². The number of halogens is 1. The van der Waals surface area contributed by atoms with E-state index >= 15 is 0 Å². The third-order valence-electron chi connectivity index (χ3n) is 3.76. The van der Waals surface area contributed by atoms with E-state index in [-0.39, 0.29) is 0 Å². The second-order valence-electron chi connectivity index (χ2n) is 5.20. The van der Waals surface area contributed by atoms with Gasteiger partial charge in [-0.25, -0.2) is 0 Å². The van der Waals surface area contributed by atoms with Crippen LogP contribution in [0.4, 0.5) is 0 Å². The minimum absolute atomic E-state index is 0.878. The Morgan fingerprint density at radius 3 is 2.50 bits per heavy atom. The van der Waals surface area contributed by atoms with Gasteiger partial charge in [-0.2, -0.15) is 0 Å². The molecule has 0 amide bonds. The summed E-state index contributed by atoms with van der Waals surface area (Å²) in [5, 5.41) is 6.50. The summed E-state index contributed by atoms with van der Waals surface area (Å²) in [6, 6.07) is 2.07. The predicted octanol–water partition coefficient (Wildman–Crippen LogP) is 3.93. The predicted molar refractivity (Wildman–Crippen MR) is 70.0 cm³/mol. The zero-order valence-electron chi connectivity index (χ0n) is 9.42. The maximum Gasteiger partial charge on any atom is 0.0516 e. The van der Waals surface area contributed by atoms with Crippen molar-refractivity contribution >= 4 is 22.9 Å². The maximum atomic E-state index is 5.91. The topological polar surface area (TPSA) is 12.0 Å². The Hall–Kier alpha value is -0.0500. The molecule has 0 spiro atoms. The van der Waals surface area contributed by atoms with Crippen LogP contribution in [0.15, 0.2) is 11.4 Å². The van der Waals surface area contributed by atoms with Crippen LogP contribution in [0, 0.1) is 17.8 Å². The molecule has 0 aromatic carbocycles. The minimum Gasteiger partial charge on any atom is -0.312 e. The fourth-order valence-electron chi connectivity index (χ4n) is 2.58. The van der Waals surface area contributed by atoms with E-state index in [4.69, 9.17) is 11.6 Å². The number of hydrogen-bond donors (Lipinski definition) is 1. The lowest BCUT2D eigenvalue weighted by Crippen LogP contribution is -2.24. The average molecular weight is 256 g/mol. The zero-order valence-corrected chi connectivity index (χ0v) is 11.0. The van der Waals surface area contributed by atoms with E-state index in [9.17, 15) is 0 Å². The van der Waals surface area contributed by atoms with Crippen LogP contribution in [0.3, 0.4) is 0 Å². The van der Waals surface area contributed by atoms with Crippen molar-refractivity contribution in [3.63, 3.8) is 0 Å². The van der Waals surface area contributed by atoms with Gasteiger partial charge < -0.3 is 5.32 Å². The second kappa shape index (κ2) is 4.67. The van der Waals surface area contributed by atoms with E-state index in [1.165, 1.54) is 37.1 Å². The molecule has 0 unspecified atom stereocenters. The number of rotatable bonds is 6. The van der Waals surface area contributed by atoms with E-state index in [0.717, 1.165) is 29.3 Å². The molecule has 1 aromatic rings. The number of nitrogens with one attached hydrogen (secondary N) is 1. The van der Waals surface area contributed by atoms with Crippen LogP contribution in [0.1, 0.15) is 30.6 Å². The normalized spacial score (nSPS) is 20.6. The molecule has 3 heteroatoms. The molecular weight excluding hydrogens is 238 g/mol. The van der Waals surface area contributed by atoms with E-state index in [1.54, 1.807) is 11.3 Å². The maximum absolute atomic E-state index is 5.91. The number of thiophene rings is 1. The molecule has 3 rings (SSSR count). The number of hydrogen-bond acceptors (Lipinski definition) is 2. The fraction of sp³-hybridized carbons (Fsp3) is 0.692. The van der Waals surface area contributed by atoms with Crippen LogP contribution >= 0.6 is 22.9 Å². The standard InChI is InChI=1S/C13H18ClNS/c14-11-5-12(16-8-11)6-15-7-13(9-1-2-9)10-3-4-10/h5,8-10,13,15H,1-4,6-7H2. The van der Waals surface area contributed by atoms with Crippen LogP contribution < -0.4 is 5.32 Å². The van der Waals surface area contributed by atoms with Crippen molar-refractivity contribution in [2.75, 3.05) is 6.54 Å². The monoisotopic (exact) mass is 255 g/mol. The van der Waals surface area contributed by atoms with E-state index in [2.05, 4.69) is 11.4 Å². The summed E-state index contributed by atoms with van der Waals surface area (Å²) in [4.78, 5) is 1.36. The van der Waals surface area contributed by atoms with Crippen molar-refractivity contribution in [1.82, 2.24) is 5.32 Å². The highest BCUT2D eigenvalue weighted by Crippen LogP contribution is 2.48. The van der Waals surface area contributed by atoms with Crippen molar-refractivity contribution in [2.24, 2.45) is 17.8 Å². The second-order valence-corrected chi connectivity index (χ2v) is 6.63. The first kappa shape index (κ1) is 11.1. The van der Waals surface area contributed by atoms with Gasteiger partial charge in [0.15, 0.2) is 0 Å². The van der Waals surface area contributed by atoms with Crippen LogP contribution in [0.2, 0.25) is 5.02 Å². The molecule has 2 aliphatic carbocycles. The minimum atomic E-state index is 0.878. The summed E-state index contributed by atoms with van der Waals surface area (Å²) in [7, 11) is 0. The van der Waals surface area contributed by atoms with Crippen LogP contribution in [-0.4, -0.2) is 6.54 Å². The highest BCUT2D eigenvalue weighted by Gasteiger charge is 2.40. The molecular formula is C13H18ClNS. The van der Waals surface area contributed by atoms with Gasteiger partial charge in [0.25, 0.3) is 0 Å². The lowest BCUT2D eigenvalue weighted by molar-refractivity contribution is 0.379. The molecule has 1 N–H and O–H groups in total. The van der Waals surface area contributed by atoms with Crippen molar-refractivity contribution in [3.8, 4) is 0 Å². The molecule has 88 valence electrons. The SMILES string of the molecule is Clc1csc(CNCC(C2CC2)C2CC2)c1. The lowest BCUT2D eigenvalue weighted by atomic mass is 9.98. The Morgan fingerprint density at radius 2 is 2.00 bits per heavy atom. The van der Waals surface area contributed by atoms with E-state index < -0.39 is 0 Å². The summed E-state index contributed by atoms with van der Waals surface area (Å²) in [5.41, 5.74) is 0. The fourth-order valence-corrected chi connectivity index (χ4v) is 3.62. The third-order valence-corrected chi connectivity index (χ3v) is 5.04. The van der Waals surface area contributed by atoms with Crippen LogP contribution in [0.5, 0.6) is 0 Å². The highest BCUT2D eigenvalue weighted by molar-refractivity contribution is 7.10. The van der Waals surface area contributed by atoms with Crippen molar-refractivity contribution < 1.29 is 0 Å². The summed E-state index contributed by atoms with van der Waals surface area (Å²) in [5.74, 6) is 3.06. The highest BCUT2D eigenvalue weighted by atomic mass is 35.5. The molecule has 2 aliphatic rings. The van der Waals surface area contributed by atoms with Gasteiger partial charge >= 0.3 is 0 Å². The Bertz CT molecular complexity index is 343. The molecule has 1 nitrogen and oxygen atoms in total. The lowest BCUT2D eigenvalue weighted by Gasteiger charge is -2.15. The summed E-state index contributed by atoms with van der Waals surface area (Å²) >= 11 is 7.66. The first-order valence-corrected chi connectivity index (χ1v) is 7.52. The van der Waals surface area contributed by atoms with Crippen molar-refractivity contribution in [3.05, 3.63) is 21.3 Å². The van der Waals surface area contributed by atoms with Gasteiger partial charge in [-0.1, -0.05) is 11.6 Å². The molecule has 2 fully saturated rings. The molecule has 0 radical (unpaired) electrons. The van der Waals surface area contributed by atoms with Gasteiger partial charge in [-0.05, 0) is 56.0 Å². The van der Waals surface area contributed by atoms with Crippen LogP contribution in [0.25, 0.3) is 0 Å². The molecule has 0 aliphatic heterocycles. The average Bonchev–Trinajstić information content (AvgIpc) is 3.15. The Kier molecular flexibility index (Phi) is 3.23. The summed E-state index contributed by atoms with van der Waals surface area (Å²) in [6.07, 6.45) is 5.92. The first-order chi connectivity index (χ1) is 7.83. The summed E-state index contributed by atoms with van der Waals surface area (Å²) in [6.45, 7) is 2.21. The molecule has 1 aromatic heterocycles. The summed E-state index contributed by atoms with van der Waals surface area (Å²) < 4.78 is 0. The van der Waals surface area contributed by atoms with Gasteiger partial charge in [0.2, 0.25) is 0 Å². The van der Waals surface area contributed by atoms with Crippen LogP contribution in [-0.2, 0) is 6.54 Å². The molecule has 2 saturated carbocycles. The third kappa shape index (κ3) is 2.79. The van der Waals surface area contributed by atoms with Gasteiger partial charge in [0.05, 0.1) is 5.02 Å². The Morgan fingerprint density at radius 1 is 1.31 bits per heavy atom. The molecule has 0 atom stereocenters. The Balaban J connectivity index is 1.44. The zero-order chi connectivity index (χ0) is 11.0. The quantitative estimate of drug-likeness (QED) is 0.812. The van der Waals surface area contributed by atoms with E-state index in [1.807, 2.05) is 5.38 Å².